The molecule has 0 unspecified atom stereocenters. The molecule has 0 aliphatic carbocycles. The minimum absolute atomic E-state index is 0.902. The minimum Gasteiger partial charge on any atom is -0.456 e. The number of rotatable bonds is 7. The van der Waals surface area contributed by atoms with Gasteiger partial charge in [0.2, 0.25) is 0 Å². The summed E-state index contributed by atoms with van der Waals surface area (Å²) in [6.45, 7) is 0. The Kier molecular flexibility index (Phi) is 7.82. The van der Waals surface area contributed by atoms with Gasteiger partial charge in [0.25, 0.3) is 0 Å². The zero-order valence-electron chi connectivity index (χ0n) is 31.0. The molecule has 3 nitrogen and oxygen atoms in total. The lowest BCUT2D eigenvalue weighted by molar-refractivity contribution is 0.668. The van der Waals surface area contributed by atoms with Crippen molar-refractivity contribution in [3.8, 4) is 44.5 Å². The van der Waals surface area contributed by atoms with Crippen LogP contribution >= 0.6 is 0 Å². The predicted molar refractivity (Wildman–Crippen MR) is 237 cm³/mol. The van der Waals surface area contributed by atoms with Crippen molar-refractivity contribution < 1.29 is 8.83 Å². The fourth-order valence-electron chi connectivity index (χ4n) is 8.18. The van der Waals surface area contributed by atoms with Gasteiger partial charge < -0.3 is 13.7 Å². The van der Waals surface area contributed by atoms with Crippen LogP contribution in [-0.2, 0) is 0 Å². The number of para-hydroxylation sites is 2. The van der Waals surface area contributed by atoms with Gasteiger partial charge in [0, 0.05) is 38.6 Å². The van der Waals surface area contributed by atoms with Gasteiger partial charge in [0.05, 0.1) is 0 Å². The third-order valence-corrected chi connectivity index (χ3v) is 11.1. The van der Waals surface area contributed by atoms with Crippen LogP contribution < -0.4 is 4.90 Å². The molecule has 0 aliphatic rings. The van der Waals surface area contributed by atoms with Gasteiger partial charge >= 0.3 is 0 Å². The average Bonchev–Trinajstić information content (AvgIpc) is 3.85. The molecule has 0 spiro atoms. The van der Waals surface area contributed by atoms with Gasteiger partial charge in [-0.15, -0.1) is 0 Å². The molecule has 0 atom stereocenters. The number of benzene rings is 9. The van der Waals surface area contributed by atoms with Crippen molar-refractivity contribution in [1.82, 2.24) is 0 Å². The van der Waals surface area contributed by atoms with Crippen molar-refractivity contribution in [2.24, 2.45) is 0 Å². The molecule has 0 bridgehead atoms. The average molecular weight is 730 g/mol. The van der Waals surface area contributed by atoms with Gasteiger partial charge in [0.15, 0.2) is 0 Å². The lowest BCUT2D eigenvalue weighted by Crippen LogP contribution is -2.09. The topological polar surface area (TPSA) is 29.5 Å². The largest absolute Gasteiger partial charge is 0.456 e. The van der Waals surface area contributed by atoms with Crippen LogP contribution in [0.3, 0.4) is 0 Å². The second-order valence-electron chi connectivity index (χ2n) is 14.5. The third kappa shape index (κ3) is 5.94. The molecular weight excluding hydrogens is 695 g/mol. The van der Waals surface area contributed by atoms with Gasteiger partial charge in [-0.25, -0.2) is 0 Å². The van der Waals surface area contributed by atoms with Gasteiger partial charge in [0.1, 0.15) is 22.3 Å². The lowest BCUT2D eigenvalue weighted by Gasteiger charge is -2.26. The van der Waals surface area contributed by atoms with Crippen molar-refractivity contribution in [3.63, 3.8) is 0 Å². The first-order valence-electron chi connectivity index (χ1n) is 19.3. The molecule has 0 N–H and O–H groups in total. The van der Waals surface area contributed by atoms with Crippen molar-refractivity contribution >= 4 is 60.9 Å². The van der Waals surface area contributed by atoms with Crippen LogP contribution in [0, 0.1) is 0 Å². The van der Waals surface area contributed by atoms with Gasteiger partial charge in [-0.1, -0.05) is 133 Å². The second-order valence-corrected chi connectivity index (χ2v) is 14.5. The number of anilines is 3. The summed E-state index contributed by atoms with van der Waals surface area (Å²) in [7, 11) is 0. The number of hydrogen-bond acceptors (Lipinski definition) is 3. The summed E-state index contributed by atoms with van der Waals surface area (Å²) in [5.74, 6) is 0. The molecule has 0 fully saturated rings. The highest BCUT2D eigenvalue weighted by Crippen LogP contribution is 2.40. The molecule has 0 saturated heterocycles. The summed E-state index contributed by atoms with van der Waals surface area (Å²) < 4.78 is 12.2. The molecular formula is C54H35NO2. The summed E-state index contributed by atoms with van der Waals surface area (Å²) in [5, 5.41) is 4.52. The van der Waals surface area contributed by atoms with E-state index in [0.29, 0.717) is 0 Å². The molecule has 9 aromatic carbocycles. The monoisotopic (exact) mass is 729 g/mol. The molecule has 3 heteroatoms. The molecule has 268 valence electrons. The van der Waals surface area contributed by atoms with Crippen LogP contribution in [0.4, 0.5) is 17.1 Å². The number of hydrogen-bond donors (Lipinski definition) is 0. The molecule has 11 rings (SSSR count). The first-order valence-corrected chi connectivity index (χ1v) is 19.3. The fraction of sp³-hybridized carbons (Fsp3) is 0. The number of furan rings is 2. The maximum Gasteiger partial charge on any atom is 0.135 e. The number of nitrogens with zero attached hydrogens (tertiary/aromatic N) is 1. The molecule has 2 aromatic heterocycles. The smallest absolute Gasteiger partial charge is 0.135 e. The maximum absolute atomic E-state index is 6.11. The summed E-state index contributed by atoms with van der Waals surface area (Å²) in [6.07, 6.45) is 0. The van der Waals surface area contributed by atoms with Crippen molar-refractivity contribution in [1.29, 1.82) is 0 Å². The van der Waals surface area contributed by atoms with E-state index in [-0.39, 0.29) is 0 Å². The lowest BCUT2D eigenvalue weighted by atomic mass is 9.98. The molecule has 57 heavy (non-hydrogen) atoms. The van der Waals surface area contributed by atoms with E-state index in [9.17, 15) is 0 Å². The summed E-state index contributed by atoms with van der Waals surface area (Å²) in [4.78, 5) is 2.33. The Morgan fingerprint density at radius 2 is 0.561 bits per heavy atom. The first-order chi connectivity index (χ1) is 28.2. The Morgan fingerprint density at radius 3 is 1.02 bits per heavy atom. The van der Waals surface area contributed by atoms with Crippen LogP contribution in [-0.4, -0.2) is 0 Å². The van der Waals surface area contributed by atoms with E-state index < -0.39 is 0 Å². The van der Waals surface area contributed by atoms with Crippen LogP contribution in [0.2, 0.25) is 0 Å². The summed E-state index contributed by atoms with van der Waals surface area (Å²) in [6, 6.07) is 75.3. The zero-order chi connectivity index (χ0) is 37.7. The van der Waals surface area contributed by atoms with Gasteiger partial charge in [-0.05, 0) is 123 Å². The Hall–Kier alpha value is -7.62. The minimum atomic E-state index is 0.902. The van der Waals surface area contributed by atoms with Crippen molar-refractivity contribution in [3.05, 3.63) is 212 Å². The fourth-order valence-corrected chi connectivity index (χ4v) is 8.18. The second kappa shape index (κ2) is 13.6. The van der Waals surface area contributed by atoms with E-state index in [2.05, 4.69) is 193 Å². The molecule has 2 heterocycles. The number of fused-ring (bicyclic) bond motifs is 6. The predicted octanol–water partition coefficient (Wildman–Crippen LogP) is 15.6. The van der Waals surface area contributed by atoms with E-state index in [1.807, 2.05) is 24.3 Å². The van der Waals surface area contributed by atoms with Crippen LogP contribution in [0.5, 0.6) is 0 Å². The maximum atomic E-state index is 6.11. The molecule has 11 aromatic rings. The van der Waals surface area contributed by atoms with Crippen LogP contribution in [0.15, 0.2) is 221 Å². The van der Waals surface area contributed by atoms with Gasteiger partial charge in [-0.2, -0.15) is 0 Å². The summed E-state index contributed by atoms with van der Waals surface area (Å²) in [5.41, 5.74) is 16.2. The quantitative estimate of drug-likeness (QED) is 0.164. The Bertz CT molecular complexity index is 3050. The van der Waals surface area contributed by atoms with E-state index in [0.717, 1.165) is 83.2 Å². The van der Waals surface area contributed by atoms with E-state index in [1.165, 1.54) is 22.3 Å². The Labute approximate surface area is 330 Å². The Morgan fingerprint density at radius 1 is 0.228 bits per heavy atom. The van der Waals surface area contributed by atoms with Crippen LogP contribution in [0.1, 0.15) is 0 Å². The van der Waals surface area contributed by atoms with Gasteiger partial charge in [-0.3, -0.25) is 0 Å². The normalized spacial score (nSPS) is 11.5. The zero-order valence-corrected chi connectivity index (χ0v) is 31.0. The van der Waals surface area contributed by atoms with E-state index in [1.54, 1.807) is 0 Å². The van der Waals surface area contributed by atoms with E-state index in [4.69, 9.17) is 8.83 Å². The highest BCUT2D eigenvalue weighted by Gasteiger charge is 2.16. The Balaban J connectivity index is 0.961. The van der Waals surface area contributed by atoms with Crippen molar-refractivity contribution in [2.75, 3.05) is 4.90 Å². The first kappa shape index (κ1) is 32.8. The molecule has 0 radical (unpaired) electrons. The molecule has 0 amide bonds. The standard InChI is InChI=1S/C54H35NO2/c1-2-9-36(10-3-1)40-11-8-12-41(33-40)37-17-25-44(26-18-37)55(45-27-19-38(20-28-45)42-23-31-53-49(34-42)47-13-4-6-15-51(47)56-53)46-29-21-39(22-30-46)43-24-32-54-50(35-43)48-14-5-7-16-52(48)57-54/h1-35H. The SMILES string of the molecule is c1ccc(-c2cccc(-c3ccc(N(c4ccc(-c5ccc6oc7ccccc7c6c5)cc4)c4ccc(-c5ccc6oc7ccccc7c6c5)cc4)cc3)c2)cc1. The third-order valence-electron chi connectivity index (χ3n) is 11.1. The molecule has 0 aliphatic heterocycles. The molecule has 0 saturated carbocycles. The van der Waals surface area contributed by atoms with E-state index >= 15 is 0 Å². The highest BCUT2D eigenvalue weighted by molar-refractivity contribution is 6.07. The van der Waals surface area contributed by atoms with Crippen LogP contribution in [0.25, 0.3) is 88.4 Å². The summed E-state index contributed by atoms with van der Waals surface area (Å²) >= 11 is 0. The van der Waals surface area contributed by atoms with Crippen molar-refractivity contribution in [2.45, 2.75) is 0 Å². The highest BCUT2D eigenvalue weighted by atomic mass is 16.3.